The topological polar surface area (TPSA) is 295 Å². The van der Waals surface area contributed by atoms with Crippen LogP contribution in [-0.4, -0.2) is 112 Å². The molecule has 0 saturated heterocycles. The van der Waals surface area contributed by atoms with Crippen molar-refractivity contribution in [3.8, 4) is 0 Å². The molecule has 16 heteroatoms. The Labute approximate surface area is 671 Å². The summed E-state index contributed by atoms with van der Waals surface area (Å²) in [4.78, 5) is 118. The van der Waals surface area contributed by atoms with E-state index in [9.17, 15) is 78.9 Å². The molecule has 33 unspecified atom stereocenters. The van der Waals surface area contributed by atoms with Gasteiger partial charge in [-0.3, -0.25) is 43.2 Å². The maximum Gasteiger partial charge on any atom is 0.173 e. The molecule has 16 nitrogen and oxygen atoms in total. The molecular formula is C96H144O16. The molecule has 112 heavy (non-hydrogen) atoms. The minimum absolute atomic E-state index is 0.0215. The second-order valence-electron chi connectivity index (χ2n) is 38.2. The van der Waals surface area contributed by atoms with E-state index in [1.54, 1.807) is 27.7 Å². The van der Waals surface area contributed by atoms with Crippen LogP contribution in [0.25, 0.3) is 0 Å². The third-order valence-corrected chi connectivity index (χ3v) is 30.9. The molecule has 0 aliphatic heterocycles. The average Bonchev–Trinajstić information content (AvgIpc) is 1.13. The van der Waals surface area contributed by atoms with Gasteiger partial charge in [0.25, 0.3) is 0 Å². The molecule has 0 radical (unpaired) electrons. The highest BCUT2D eigenvalue weighted by Crippen LogP contribution is 2.59. The van der Waals surface area contributed by atoms with Gasteiger partial charge in [0.15, 0.2) is 52.0 Å². The SMILES string of the molecule is CCCC1C(C)=CC2CC(C)C(O)C(CC)C2C1C(=O)C1=C(O)C(C)CC1=O.CCCC1C(C)=CC2CC(C)C(O)C(CC)C2C1C(=O)C1=C(O)C(C)CC1=O.CCCC1C(C)=CC2CC(C)C(O)C(CC)C2C1C(=O)C1=C(O)C(C)CC1=O.CCCC1C(C)=CC2CC(C)C(O)C(CC)C2C1C(=O)C1C(=O)CC(C)C1=O. The van der Waals surface area contributed by atoms with Crippen LogP contribution in [0.2, 0.25) is 0 Å². The largest absolute Gasteiger partial charge is 0.511 e. The number of carbonyl (C=O) groups is 9. The monoisotopic (exact) mass is 1550 g/mol. The Morgan fingerprint density at radius 2 is 0.580 bits per heavy atom. The van der Waals surface area contributed by atoms with E-state index in [-0.39, 0.29) is 277 Å². The van der Waals surface area contributed by atoms with Crippen LogP contribution >= 0.6 is 0 Å². The van der Waals surface area contributed by atoms with Crippen molar-refractivity contribution >= 4 is 52.0 Å². The minimum atomic E-state index is -1.07. The van der Waals surface area contributed by atoms with Gasteiger partial charge >= 0.3 is 0 Å². The number of rotatable bonds is 20. The molecule has 12 aliphatic carbocycles. The predicted octanol–water partition coefficient (Wildman–Crippen LogP) is 17.9. The first kappa shape index (κ1) is 90.4. The first-order chi connectivity index (χ1) is 52.9. The van der Waals surface area contributed by atoms with Crippen molar-refractivity contribution in [1.29, 1.82) is 0 Å². The second-order valence-corrected chi connectivity index (χ2v) is 38.2. The van der Waals surface area contributed by atoms with E-state index in [0.29, 0.717) is 0 Å². The standard InChI is InChI=1S/4C24H36O4/c4*1-6-8-17-12(3)9-15-10-13(4)22(26)16(7-2)19(15)20(17)24(28)21-18(25)11-14(5)23(21)27/h3*9,13-17,19-20,22,26-27H,6-8,10-11H2,1-5H3;9,13-17,19-22,26H,6-8,10-11H2,1-5H3. The zero-order chi connectivity index (χ0) is 83.0. The van der Waals surface area contributed by atoms with Gasteiger partial charge in [-0.05, 0) is 197 Å². The molecule has 0 bridgehead atoms. The first-order valence-electron chi connectivity index (χ1n) is 44.5. The molecule has 33 atom stereocenters. The average molecular weight is 1550 g/mol. The van der Waals surface area contributed by atoms with Gasteiger partial charge in [-0.2, -0.15) is 0 Å². The zero-order valence-electron chi connectivity index (χ0n) is 71.8. The fourth-order valence-electron chi connectivity index (χ4n) is 25.4. The number of hydrogen-bond acceptors (Lipinski definition) is 16. The predicted molar refractivity (Wildman–Crippen MR) is 437 cm³/mol. The van der Waals surface area contributed by atoms with Crippen LogP contribution in [0, 0.1) is 172 Å². The van der Waals surface area contributed by atoms with E-state index in [1.807, 2.05) is 0 Å². The highest BCUT2D eigenvalue weighted by atomic mass is 16.3. The maximum atomic E-state index is 13.8. The number of allylic oxidation sites excluding steroid dienone is 14. The van der Waals surface area contributed by atoms with Gasteiger partial charge in [-0.1, -0.05) is 209 Å². The normalized spacial score (nSPS) is 41.7. The maximum absolute atomic E-state index is 13.8. The molecule has 5 fully saturated rings. The highest BCUT2D eigenvalue weighted by Gasteiger charge is 2.59. The van der Waals surface area contributed by atoms with Gasteiger partial charge < -0.3 is 35.7 Å². The van der Waals surface area contributed by atoms with Gasteiger partial charge in [0.1, 0.15) is 23.2 Å². The number of aliphatic hydroxyl groups is 7. The van der Waals surface area contributed by atoms with Gasteiger partial charge in [0.05, 0.1) is 41.1 Å². The smallest absolute Gasteiger partial charge is 0.173 e. The lowest BCUT2D eigenvalue weighted by atomic mass is 9.53. The van der Waals surface area contributed by atoms with Crippen LogP contribution in [0.5, 0.6) is 0 Å². The molecule has 0 amide bonds. The Morgan fingerprint density at radius 1 is 0.348 bits per heavy atom. The number of hydrogen-bond donors (Lipinski definition) is 7. The number of ketones is 9. The molecule has 0 aromatic rings. The highest BCUT2D eigenvalue weighted by molar-refractivity contribution is 6.26. The van der Waals surface area contributed by atoms with Crippen molar-refractivity contribution in [1.82, 2.24) is 0 Å². The zero-order valence-corrected chi connectivity index (χ0v) is 71.8. The quantitative estimate of drug-likeness (QED) is 0.0339. The van der Waals surface area contributed by atoms with Crippen molar-refractivity contribution in [3.63, 3.8) is 0 Å². The lowest BCUT2D eigenvalue weighted by Gasteiger charge is -2.51. The third kappa shape index (κ3) is 17.3. The summed E-state index contributed by atoms with van der Waals surface area (Å²) in [6.07, 6.45) is 22.7. The summed E-state index contributed by atoms with van der Waals surface area (Å²) in [5, 5.41) is 75.1. The summed E-state index contributed by atoms with van der Waals surface area (Å²) in [6.45, 7) is 40.8. The van der Waals surface area contributed by atoms with Gasteiger partial charge in [-0.25, -0.2) is 0 Å². The summed E-state index contributed by atoms with van der Waals surface area (Å²) >= 11 is 0. The summed E-state index contributed by atoms with van der Waals surface area (Å²) in [5.74, 6) is -2.88. The molecule has 5 saturated carbocycles. The number of aliphatic hydroxyl groups excluding tert-OH is 7. The van der Waals surface area contributed by atoms with Gasteiger partial charge in [0.2, 0.25) is 0 Å². The Hall–Kier alpha value is -5.55. The Balaban J connectivity index is 0.000000171. The fraction of sp³-hybridized carbons (Fsp3) is 0.760. The Kier molecular flexibility index (Phi) is 30.5. The molecule has 0 spiro atoms. The Bertz CT molecular complexity index is 3450. The molecule has 0 heterocycles. The number of Topliss-reactive ketones (excluding diaryl/α,β-unsaturated/α-hetero) is 9. The van der Waals surface area contributed by atoms with Crippen molar-refractivity contribution in [2.45, 2.75) is 291 Å². The second kappa shape index (κ2) is 37.8. The van der Waals surface area contributed by atoms with Crippen LogP contribution in [0.15, 0.2) is 80.6 Å². The number of fused-ring (bicyclic) bond motifs is 4. The van der Waals surface area contributed by atoms with Crippen molar-refractivity contribution < 1.29 is 78.9 Å². The van der Waals surface area contributed by atoms with E-state index in [2.05, 4.69) is 135 Å². The summed E-state index contributed by atoms with van der Waals surface area (Å²) in [6, 6.07) is 0. The van der Waals surface area contributed by atoms with E-state index < -0.39 is 30.3 Å². The van der Waals surface area contributed by atoms with Crippen molar-refractivity contribution in [3.05, 3.63) is 80.6 Å². The van der Waals surface area contributed by atoms with Crippen LogP contribution in [-0.2, 0) is 43.2 Å². The van der Waals surface area contributed by atoms with E-state index >= 15 is 0 Å². The van der Waals surface area contributed by atoms with Crippen LogP contribution in [0.4, 0.5) is 0 Å². The molecule has 12 rings (SSSR count). The third-order valence-electron chi connectivity index (χ3n) is 30.9. The van der Waals surface area contributed by atoms with Crippen molar-refractivity contribution in [2.24, 2.45) is 172 Å². The van der Waals surface area contributed by atoms with Crippen LogP contribution < -0.4 is 0 Å². The van der Waals surface area contributed by atoms with Gasteiger partial charge in [-0.15, -0.1) is 0 Å². The fourth-order valence-corrected chi connectivity index (χ4v) is 25.4. The first-order valence-corrected chi connectivity index (χ1v) is 44.5. The molecule has 12 aliphatic rings. The van der Waals surface area contributed by atoms with Crippen LogP contribution in [0.1, 0.15) is 267 Å². The Morgan fingerprint density at radius 3 is 0.777 bits per heavy atom. The molecule has 0 aromatic heterocycles. The van der Waals surface area contributed by atoms with E-state index in [1.165, 1.54) is 22.3 Å². The minimum Gasteiger partial charge on any atom is -0.511 e. The summed E-state index contributed by atoms with van der Waals surface area (Å²) in [7, 11) is 0. The van der Waals surface area contributed by atoms with E-state index in [0.717, 1.165) is 103 Å². The summed E-state index contributed by atoms with van der Waals surface area (Å²) in [5.41, 5.74) is 5.08. The molecule has 624 valence electrons. The number of carbonyl (C=O) groups excluding carboxylic acids is 9. The van der Waals surface area contributed by atoms with Crippen molar-refractivity contribution in [2.75, 3.05) is 0 Å². The summed E-state index contributed by atoms with van der Waals surface area (Å²) < 4.78 is 0. The lowest BCUT2D eigenvalue weighted by Crippen LogP contribution is -2.52. The lowest BCUT2D eigenvalue weighted by molar-refractivity contribution is -0.145. The van der Waals surface area contributed by atoms with E-state index in [4.69, 9.17) is 0 Å². The molecular weight excluding hydrogens is 1410 g/mol. The molecule has 7 N–H and O–H groups in total. The van der Waals surface area contributed by atoms with Crippen LogP contribution in [0.3, 0.4) is 0 Å². The molecule has 0 aromatic carbocycles. The van der Waals surface area contributed by atoms with Gasteiger partial charge in [0, 0.05) is 73.0 Å².